The molecule has 0 amide bonds. The van der Waals surface area contributed by atoms with Gasteiger partial charge in [0.25, 0.3) is 0 Å². The molecule has 1 aromatic carbocycles. The van der Waals surface area contributed by atoms with E-state index in [1.54, 1.807) is 12.1 Å². The van der Waals surface area contributed by atoms with Crippen LogP contribution in [0.3, 0.4) is 0 Å². The van der Waals surface area contributed by atoms with Crippen molar-refractivity contribution >= 4 is 17.7 Å². The number of carboxylic acids is 1. The first kappa shape index (κ1) is 16.1. The standard InChI is InChI=1S/C16H21NO3/c1-15(2,3)11-7-10(17-9-18)8-12(16(4,5)6)13(11)14(19)20/h7-8H,1-6H3,(H,19,20). The number of carboxylic acid groups (broad SMARTS) is 1. The molecule has 0 atom stereocenters. The summed E-state index contributed by atoms with van der Waals surface area (Å²) in [7, 11) is 0. The number of rotatable bonds is 2. The Morgan fingerprint density at radius 1 is 1.05 bits per heavy atom. The monoisotopic (exact) mass is 275 g/mol. The lowest BCUT2D eigenvalue weighted by Crippen LogP contribution is -2.23. The molecule has 0 radical (unpaired) electrons. The van der Waals surface area contributed by atoms with Crippen LogP contribution in [0, 0.1) is 0 Å². The molecule has 0 aliphatic carbocycles. The highest BCUT2D eigenvalue weighted by Crippen LogP contribution is 2.37. The maximum absolute atomic E-state index is 11.7. The summed E-state index contributed by atoms with van der Waals surface area (Å²) in [5.74, 6) is -0.957. The van der Waals surface area contributed by atoms with Crippen LogP contribution in [0.25, 0.3) is 0 Å². The molecule has 0 aromatic heterocycles. The Morgan fingerprint density at radius 2 is 1.45 bits per heavy atom. The Kier molecular flexibility index (Phi) is 4.21. The number of hydrogen-bond donors (Lipinski definition) is 1. The quantitative estimate of drug-likeness (QED) is 0.656. The average molecular weight is 275 g/mol. The largest absolute Gasteiger partial charge is 0.478 e. The SMILES string of the molecule is CC(C)(C)c1cc(N=C=O)cc(C(C)(C)C)c1C(=O)O. The highest BCUT2D eigenvalue weighted by atomic mass is 16.4. The minimum absolute atomic E-state index is 0.301. The smallest absolute Gasteiger partial charge is 0.336 e. The average Bonchev–Trinajstić information content (AvgIpc) is 2.25. The summed E-state index contributed by atoms with van der Waals surface area (Å²) in [5, 5.41) is 9.59. The maximum atomic E-state index is 11.7. The van der Waals surface area contributed by atoms with Crippen LogP contribution in [0.15, 0.2) is 17.1 Å². The molecule has 4 heteroatoms. The van der Waals surface area contributed by atoms with Gasteiger partial charge in [-0.2, -0.15) is 4.99 Å². The fraction of sp³-hybridized carbons (Fsp3) is 0.500. The number of carbonyl (C=O) groups is 1. The van der Waals surface area contributed by atoms with Crippen molar-refractivity contribution < 1.29 is 14.7 Å². The first-order chi connectivity index (χ1) is 8.98. The highest BCUT2D eigenvalue weighted by Gasteiger charge is 2.29. The second kappa shape index (κ2) is 5.22. The van der Waals surface area contributed by atoms with Crippen LogP contribution in [0.4, 0.5) is 5.69 Å². The van der Waals surface area contributed by atoms with Gasteiger partial charge < -0.3 is 5.11 Å². The van der Waals surface area contributed by atoms with Crippen molar-refractivity contribution in [2.24, 2.45) is 4.99 Å². The molecule has 1 N–H and O–H groups in total. The molecule has 1 rings (SSSR count). The third-order valence-electron chi connectivity index (χ3n) is 3.13. The molecule has 0 spiro atoms. The Hall–Kier alpha value is -1.93. The van der Waals surface area contributed by atoms with Crippen LogP contribution in [0.5, 0.6) is 0 Å². The zero-order valence-electron chi connectivity index (χ0n) is 12.9. The predicted octanol–water partition coefficient (Wildman–Crippen LogP) is 3.95. The number of carbonyl (C=O) groups excluding carboxylic acids is 1. The van der Waals surface area contributed by atoms with E-state index < -0.39 is 5.97 Å². The zero-order valence-corrected chi connectivity index (χ0v) is 12.9. The molecule has 0 saturated carbocycles. The van der Waals surface area contributed by atoms with E-state index in [2.05, 4.69) is 4.99 Å². The number of benzene rings is 1. The van der Waals surface area contributed by atoms with E-state index in [1.165, 1.54) is 6.08 Å². The van der Waals surface area contributed by atoms with Crippen molar-refractivity contribution in [3.05, 3.63) is 28.8 Å². The fourth-order valence-electron chi connectivity index (χ4n) is 2.16. The van der Waals surface area contributed by atoms with E-state index >= 15 is 0 Å². The van der Waals surface area contributed by atoms with Crippen LogP contribution in [0.2, 0.25) is 0 Å². The summed E-state index contributed by atoms with van der Waals surface area (Å²) in [6, 6.07) is 3.31. The number of nitrogens with zero attached hydrogens (tertiary/aromatic N) is 1. The molecule has 0 fully saturated rings. The minimum atomic E-state index is -0.957. The van der Waals surface area contributed by atoms with Crippen LogP contribution >= 0.6 is 0 Å². The second-order valence-corrected chi connectivity index (χ2v) is 6.92. The van der Waals surface area contributed by atoms with Gasteiger partial charge in [0.2, 0.25) is 6.08 Å². The molecule has 20 heavy (non-hydrogen) atoms. The molecule has 0 heterocycles. The van der Waals surface area contributed by atoms with Crippen LogP contribution in [0.1, 0.15) is 63.0 Å². The van der Waals surface area contributed by atoms with Crippen LogP contribution in [-0.2, 0) is 15.6 Å². The van der Waals surface area contributed by atoms with Crippen molar-refractivity contribution in [3.8, 4) is 0 Å². The second-order valence-electron chi connectivity index (χ2n) is 6.92. The topological polar surface area (TPSA) is 66.7 Å². The van der Waals surface area contributed by atoms with Gasteiger partial charge in [-0.1, -0.05) is 41.5 Å². The Morgan fingerprint density at radius 3 is 1.70 bits per heavy atom. The van der Waals surface area contributed by atoms with E-state index in [1.807, 2.05) is 41.5 Å². The molecule has 1 aromatic rings. The van der Waals surface area contributed by atoms with Gasteiger partial charge in [-0.3, -0.25) is 0 Å². The molecule has 0 bridgehead atoms. The van der Waals surface area contributed by atoms with Crippen molar-refractivity contribution in [3.63, 3.8) is 0 Å². The number of hydrogen-bond acceptors (Lipinski definition) is 3. The van der Waals surface area contributed by atoms with E-state index in [-0.39, 0.29) is 10.8 Å². The van der Waals surface area contributed by atoms with Crippen molar-refractivity contribution in [1.29, 1.82) is 0 Å². The van der Waals surface area contributed by atoms with Crippen molar-refractivity contribution in [2.75, 3.05) is 0 Å². The lowest BCUT2D eigenvalue weighted by Gasteiger charge is -2.28. The molecule has 4 nitrogen and oxygen atoms in total. The van der Waals surface area contributed by atoms with Crippen molar-refractivity contribution in [1.82, 2.24) is 0 Å². The van der Waals surface area contributed by atoms with Gasteiger partial charge in [0.1, 0.15) is 0 Å². The highest BCUT2D eigenvalue weighted by molar-refractivity contribution is 5.93. The van der Waals surface area contributed by atoms with Gasteiger partial charge in [0.15, 0.2) is 0 Å². The summed E-state index contributed by atoms with van der Waals surface area (Å²) < 4.78 is 0. The fourth-order valence-corrected chi connectivity index (χ4v) is 2.16. The van der Waals surface area contributed by atoms with E-state index in [9.17, 15) is 14.7 Å². The Balaban J connectivity index is 3.86. The van der Waals surface area contributed by atoms with Crippen LogP contribution in [-0.4, -0.2) is 17.2 Å². The molecule has 0 aliphatic heterocycles. The van der Waals surface area contributed by atoms with Crippen molar-refractivity contribution in [2.45, 2.75) is 52.4 Å². The van der Waals surface area contributed by atoms with Gasteiger partial charge in [-0.25, -0.2) is 9.59 Å². The third kappa shape index (κ3) is 3.34. The third-order valence-corrected chi connectivity index (χ3v) is 3.13. The van der Waals surface area contributed by atoms with Gasteiger partial charge in [-0.15, -0.1) is 0 Å². The predicted molar refractivity (Wildman–Crippen MR) is 78.6 cm³/mol. The molecule has 0 unspecified atom stereocenters. The number of aliphatic imine (C=N–C) groups is 1. The van der Waals surface area contributed by atoms with Gasteiger partial charge >= 0.3 is 5.97 Å². The Labute approximate surface area is 119 Å². The van der Waals surface area contributed by atoms with Gasteiger partial charge in [0.05, 0.1) is 11.3 Å². The van der Waals surface area contributed by atoms with Crippen LogP contribution < -0.4 is 0 Å². The maximum Gasteiger partial charge on any atom is 0.336 e. The first-order valence-corrected chi connectivity index (χ1v) is 6.48. The number of aromatic carboxylic acids is 1. The lowest BCUT2D eigenvalue weighted by molar-refractivity contribution is 0.0691. The summed E-state index contributed by atoms with van der Waals surface area (Å²) >= 11 is 0. The zero-order chi connectivity index (χ0) is 15.7. The molecular weight excluding hydrogens is 254 g/mol. The summed E-state index contributed by atoms with van der Waals surface area (Å²) in [6.45, 7) is 11.6. The molecule has 0 aliphatic rings. The normalized spacial score (nSPS) is 11.9. The minimum Gasteiger partial charge on any atom is -0.478 e. The molecular formula is C16H21NO3. The lowest BCUT2D eigenvalue weighted by atomic mass is 9.76. The summed E-state index contributed by atoms with van der Waals surface area (Å²) in [5.41, 5.74) is 1.37. The van der Waals surface area contributed by atoms with E-state index in [0.717, 1.165) is 0 Å². The summed E-state index contributed by atoms with van der Waals surface area (Å²) in [4.78, 5) is 25.9. The molecule has 0 saturated heterocycles. The number of isocyanates is 1. The van der Waals surface area contributed by atoms with Gasteiger partial charge in [-0.05, 0) is 34.1 Å². The first-order valence-electron chi connectivity index (χ1n) is 6.48. The summed E-state index contributed by atoms with van der Waals surface area (Å²) in [6.07, 6.45) is 1.52. The van der Waals surface area contributed by atoms with Gasteiger partial charge in [0, 0.05) is 0 Å². The van der Waals surface area contributed by atoms with E-state index in [0.29, 0.717) is 22.4 Å². The molecule has 108 valence electrons. The van der Waals surface area contributed by atoms with E-state index in [4.69, 9.17) is 0 Å². The Bertz CT molecular complexity index is 548.